The van der Waals surface area contributed by atoms with Crippen LogP contribution in [-0.4, -0.2) is 21.5 Å². The zero-order valence-corrected chi connectivity index (χ0v) is 10.9. The fourth-order valence-electron chi connectivity index (χ4n) is 2.10. The van der Waals surface area contributed by atoms with Gasteiger partial charge in [0.1, 0.15) is 0 Å². The largest absolute Gasteiger partial charge is 0.308 e. The molecule has 92 valence electrons. The Bertz CT molecular complexity index is 295. The normalized spacial score (nSPS) is 15.0. The summed E-state index contributed by atoms with van der Waals surface area (Å²) in [6.07, 6.45) is 5.48. The maximum atomic E-state index is 4.01. The Hall–Kier alpha value is -0.900. The molecule has 1 rings (SSSR count). The van der Waals surface area contributed by atoms with Crippen LogP contribution < -0.4 is 5.32 Å². The van der Waals surface area contributed by atoms with Crippen molar-refractivity contribution in [3.8, 4) is 0 Å². The Labute approximate surface area is 98.4 Å². The van der Waals surface area contributed by atoms with E-state index < -0.39 is 0 Å². The van der Waals surface area contributed by atoms with Crippen LogP contribution in [0.25, 0.3) is 0 Å². The Balaban J connectivity index is 2.74. The van der Waals surface area contributed by atoms with Gasteiger partial charge in [-0.15, -0.1) is 5.10 Å². The topological polar surface area (TPSA) is 42.7 Å². The highest BCUT2D eigenvalue weighted by Gasteiger charge is 2.21. The summed E-state index contributed by atoms with van der Waals surface area (Å²) < 4.78 is 1.87. The summed E-state index contributed by atoms with van der Waals surface area (Å²) in [5.41, 5.74) is 1.19. The summed E-state index contributed by atoms with van der Waals surface area (Å²) in [7, 11) is 1.96. The third kappa shape index (κ3) is 3.30. The van der Waals surface area contributed by atoms with Crippen molar-refractivity contribution in [2.45, 2.75) is 46.1 Å². The fraction of sp³-hybridized carbons (Fsp3) is 0.833. The first-order valence-corrected chi connectivity index (χ1v) is 6.28. The first-order valence-electron chi connectivity index (χ1n) is 6.28. The van der Waals surface area contributed by atoms with Crippen LogP contribution in [0.2, 0.25) is 0 Å². The number of rotatable bonds is 7. The zero-order valence-electron chi connectivity index (χ0n) is 10.9. The molecule has 1 N–H and O–H groups in total. The van der Waals surface area contributed by atoms with E-state index in [9.17, 15) is 0 Å². The second-order valence-electron chi connectivity index (χ2n) is 4.48. The molecule has 1 heterocycles. The highest BCUT2D eigenvalue weighted by atomic mass is 15.4. The number of nitrogens with zero attached hydrogens (tertiary/aromatic N) is 3. The second kappa shape index (κ2) is 6.63. The summed E-state index contributed by atoms with van der Waals surface area (Å²) in [6.45, 7) is 7.76. The van der Waals surface area contributed by atoms with Crippen molar-refractivity contribution in [1.82, 2.24) is 20.3 Å². The van der Waals surface area contributed by atoms with Gasteiger partial charge in [0, 0.05) is 7.05 Å². The predicted molar refractivity (Wildman–Crippen MR) is 66.1 cm³/mol. The van der Waals surface area contributed by atoms with Crippen LogP contribution >= 0.6 is 0 Å². The van der Waals surface area contributed by atoms with Crippen LogP contribution in [-0.2, 0) is 7.05 Å². The maximum Gasteiger partial charge on any atom is 0.0755 e. The van der Waals surface area contributed by atoms with Crippen LogP contribution in [0.3, 0.4) is 0 Å². The van der Waals surface area contributed by atoms with E-state index in [0.717, 1.165) is 13.0 Å². The lowest BCUT2D eigenvalue weighted by atomic mass is 9.94. The maximum absolute atomic E-state index is 4.01. The van der Waals surface area contributed by atoms with Crippen molar-refractivity contribution in [2.24, 2.45) is 13.0 Å². The molecular weight excluding hydrogens is 200 g/mol. The van der Waals surface area contributed by atoms with Crippen molar-refractivity contribution < 1.29 is 0 Å². The van der Waals surface area contributed by atoms with Gasteiger partial charge in [0.05, 0.1) is 17.9 Å². The lowest BCUT2D eigenvalue weighted by molar-refractivity contribution is 0.347. The van der Waals surface area contributed by atoms with Crippen LogP contribution in [0.15, 0.2) is 6.20 Å². The molecule has 0 radical (unpaired) electrons. The van der Waals surface area contributed by atoms with E-state index in [2.05, 4.69) is 36.4 Å². The molecule has 0 saturated heterocycles. The van der Waals surface area contributed by atoms with Crippen LogP contribution in [0.5, 0.6) is 0 Å². The molecule has 2 atom stereocenters. The van der Waals surface area contributed by atoms with E-state index in [4.69, 9.17) is 0 Å². The van der Waals surface area contributed by atoms with Crippen LogP contribution in [0, 0.1) is 5.92 Å². The van der Waals surface area contributed by atoms with Gasteiger partial charge in [-0.3, -0.25) is 4.68 Å². The van der Waals surface area contributed by atoms with E-state index >= 15 is 0 Å². The van der Waals surface area contributed by atoms with Crippen LogP contribution in [0.1, 0.15) is 51.8 Å². The van der Waals surface area contributed by atoms with Crippen molar-refractivity contribution in [2.75, 3.05) is 6.54 Å². The summed E-state index contributed by atoms with van der Waals surface area (Å²) in [5, 5.41) is 11.6. The smallest absolute Gasteiger partial charge is 0.0755 e. The third-order valence-electron chi connectivity index (χ3n) is 3.00. The highest BCUT2D eigenvalue weighted by molar-refractivity contribution is 5.03. The Morgan fingerprint density at radius 1 is 1.38 bits per heavy atom. The Morgan fingerprint density at radius 3 is 2.62 bits per heavy atom. The lowest BCUT2D eigenvalue weighted by Gasteiger charge is -2.24. The minimum Gasteiger partial charge on any atom is -0.308 e. The molecule has 0 spiro atoms. The minimum atomic E-state index is 0.375. The van der Waals surface area contributed by atoms with Gasteiger partial charge in [-0.2, -0.15) is 0 Å². The number of hydrogen-bond acceptors (Lipinski definition) is 3. The standard InChI is InChI=1S/C12H24N4/c1-5-7-10(3)12(13-8-6-2)11-9-14-15-16(11)4/h9-10,12-13H,5-8H2,1-4H3. The van der Waals surface area contributed by atoms with Crippen molar-refractivity contribution >= 4 is 0 Å². The molecule has 0 aliphatic carbocycles. The minimum absolute atomic E-state index is 0.375. The van der Waals surface area contributed by atoms with Crippen LogP contribution in [0.4, 0.5) is 0 Å². The van der Waals surface area contributed by atoms with Gasteiger partial charge in [-0.25, -0.2) is 0 Å². The van der Waals surface area contributed by atoms with E-state index in [-0.39, 0.29) is 0 Å². The lowest BCUT2D eigenvalue weighted by Crippen LogP contribution is -2.29. The molecule has 1 aromatic rings. The molecule has 0 aromatic carbocycles. The summed E-state index contributed by atoms with van der Waals surface area (Å²) in [5.74, 6) is 0.619. The van der Waals surface area contributed by atoms with Crippen molar-refractivity contribution in [3.63, 3.8) is 0 Å². The monoisotopic (exact) mass is 224 g/mol. The molecular formula is C12H24N4. The second-order valence-corrected chi connectivity index (χ2v) is 4.48. The van der Waals surface area contributed by atoms with Crippen molar-refractivity contribution in [1.29, 1.82) is 0 Å². The van der Waals surface area contributed by atoms with Gasteiger partial charge < -0.3 is 5.32 Å². The van der Waals surface area contributed by atoms with E-state index in [1.165, 1.54) is 18.5 Å². The number of hydrogen-bond donors (Lipinski definition) is 1. The molecule has 0 amide bonds. The SMILES string of the molecule is CCCNC(c1cnnn1C)C(C)CCC. The molecule has 1 aromatic heterocycles. The average Bonchev–Trinajstić information content (AvgIpc) is 2.66. The molecule has 0 aliphatic heterocycles. The summed E-state index contributed by atoms with van der Waals surface area (Å²) >= 11 is 0. The average molecular weight is 224 g/mol. The molecule has 0 saturated carbocycles. The predicted octanol–water partition coefficient (Wildman–Crippen LogP) is 2.29. The van der Waals surface area contributed by atoms with E-state index in [0.29, 0.717) is 12.0 Å². The molecule has 0 fully saturated rings. The van der Waals surface area contributed by atoms with E-state index in [1.54, 1.807) is 0 Å². The molecule has 0 aliphatic rings. The molecule has 2 unspecified atom stereocenters. The number of aromatic nitrogens is 3. The Morgan fingerprint density at radius 2 is 2.12 bits per heavy atom. The van der Waals surface area contributed by atoms with Gasteiger partial charge in [0.25, 0.3) is 0 Å². The van der Waals surface area contributed by atoms with Gasteiger partial charge in [-0.05, 0) is 25.3 Å². The highest BCUT2D eigenvalue weighted by Crippen LogP contribution is 2.24. The Kier molecular flexibility index (Phi) is 5.46. The molecule has 16 heavy (non-hydrogen) atoms. The van der Waals surface area contributed by atoms with Gasteiger partial charge in [-0.1, -0.05) is 32.4 Å². The summed E-state index contributed by atoms with van der Waals surface area (Å²) in [6, 6.07) is 0.375. The summed E-state index contributed by atoms with van der Waals surface area (Å²) in [4.78, 5) is 0. The van der Waals surface area contributed by atoms with Gasteiger partial charge in [0.2, 0.25) is 0 Å². The zero-order chi connectivity index (χ0) is 12.0. The molecule has 0 bridgehead atoms. The number of nitrogens with one attached hydrogen (secondary N) is 1. The quantitative estimate of drug-likeness (QED) is 0.772. The van der Waals surface area contributed by atoms with E-state index in [1.807, 2.05) is 17.9 Å². The molecule has 4 heteroatoms. The number of aryl methyl sites for hydroxylation is 1. The first-order chi connectivity index (χ1) is 7.70. The van der Waals surface area contributed by atoms with Gasteiger partial charge >= 0.3 is 0 Å². The fourth-order valence-corrected chi connectivity index (χ4v) is 2.10. The molecule has 4 nitrogen and oxygen atoms in total. The van der Waals surface area contributed by atoms with Crippen molar-refractivity contribution in [3.05, 3.63) is 11.9 Å². The third-order valence-corrected chi connectivity index (χ3v) is 3.00. The van der Waals surface area contributed by atoms with Gasteiger partial charge in [0.15, 0.2) is 0 Å². The first kappa shape index (κ1) is 13.2.